The minimum Gasteiger partial charge on any atom is -0.481 e. The van der Waals surface area contributed by atoms with E-state index in [0.29, 0.717) is 32.5 Å². The van der Waals surface area contributed by atoms with Gasteiger partial charge >= 0.3 is 5.97 Å². The van der Waals surface area contributed by atoms with E-state index >= 15 is 0 Å². The number of hydrogen-bond donors (Lipinski definition) is 1. The number of nitrogens with zero attached hydrogens (tertiary/aromatic N) is 2. The molecule has 0 amide bonds. The lowest BCUT2D eigenvalue weighted by Crippen LogP contribution is -2.55. The zero-order valence-electron chi connectivity index (χ0n) is 12.6. The normalized spacial score (nSPS) is 33.0. The van der Waals surface area contributed by atoms with Crippen LogP contribution in [0.3, 0.4) is 0 Å². The van der Waals surface area contributed by atoms with E-state index in [1.165, 1.54) is 8.61 Å². The quantitative estimate of drug-likeness (QED) is 0.816. The zero-order chi connectivity index (χ0) is 15.7. The largest absolute Gasteiger partial charge is 0.481 e. The second-order valence-corrected chi connectivity index (χ2v) is 8.06. The van der Waals surface area contributed by atoms with Gasteiger partial charge < -0.3 is 9.84 Å². The minimum absolute atomic E-state index is 0.0673. The monoisotopic (exact) mass is 320 g/mol. The van der Waals surface area contributed by atoms with E-state index in [1.54, 1.807) is 7.11 Å². The van der Waals surface area contributed by atoms with Crippen molar-refractivity contribution in [3.8, 4) is 0 Å². The summed E-state index contributed by atoms with van der Waals surface area (Å²) in [6.07, 6.45) is 2.70. The molecule has 0 aromatic rings. The molecule has 0 aliphatic carbocycles. The fourth-order valence-electron chi connectivity index (χ4n) is 3.04. The Morgan fingerprint density at radius 1 is 1.29 bits per heavy atom. The van der Waals surface area contributed by atoms with E-state index < -0.39 is 27.7 Å². The molecule has 1 N–H and O–H groups in total. The molecule has 0 aromatic carbocycles. The first-order valence-corrected chi connectivity index (χ1v) is 8.71. The van der Waals surface area contributed by atoms with E-state index in [4.69, 9.17) is 9.84 Å². The van der Waals surface area contributed by atoms with Crippen molar-refractivity contribution in [2.45, 2.75) is 38.2 Å². The Morgan fingerprint density at radius 3 is 2.57 bits per heavy atom. The van der Waals surface area contributed by atoms with Gasteiger partial charge in [0.15, 0.2) is 0 Å². The molecule has 2 unspecified atom stereocenters. The highest BCUT2D eigenvalue weighted by Gasteiger charge is 2.41. The third kappa shape index (κ3) is 3.56. The highest BCUT2D eigenvalue weighted by molar-refractivity contribution is 7.86. The van der Waals surface area contributed by atoms with Crippen LogP contribution in [-0.4, -0.2) is 67.0 Å². The van der Waals surface area contributed by atoms with Crippen LogP contribution < -0.4 is 0 Å². The first-order chi connectivity index (χ1) is 9.78. The van der Waals surface area contributed by atoms with Gasteiger partial charge in [0.05, 0.1) is 11.5 Å². The Balaban J connectivity index is 2.12. The number of piperidine rings is 2. The molecule has 2 atom stereocenters. The summed E-state index contributed by atoms with van der Waals surface area (Å²) in [7, 11) is -2.01. The van der Waals surface area contributed by atoms with Crippen molar-refractivity contribution in [3.05, 3.63) is 0 Å². The standard InChI is InChI=1S/C13H24N2O5S/c1-13(20-2)6-4-8-15(10-13)21(18,19)14-7-3-5-11(9-14)12(16)17/h11H,3-10H2,1-2H3,(H,16,17). The van der Waals surface area contributed by atoms with E-state index in [1.807, 2.05) is 6.92 Å². The SMILES string of the molecule is COC1(C)CCCN(S(=O)(=O)N2CCCC(C(=O)O)C2)C1. The third-order valence-electron chi connectivity index (χ3n) is 4.50. The molecule has 7 nitrogen and oxygen atoms in total. The van der Waals surface area contributed by atoms with Crippen molar-refractivity contribution in [1.82, 2.24) is 8.61 Å². The van der Waals surface area contributed by atoms with Crippen molar-refractivity contribution in [2.75, 3.05) is 33.3 Å². The summed E-state index contributed by atoms with van der Waals surface area (Å²) in [6, 6.07) is 0. The summed E-state index contributed by atoms with van der Waals surface area (Å²) in [5.41, 5.74) is -0.465. The van der Waals surface area contributed by atoms with Crippen molar-refractivity contribution in [2.24, 2.45) is 5.92 Å². The summed E-state index contributed by atoms with van der Waals surface area (Å²) in [4.78, 5) is 11.1. The fraction of sp³-hybridized carbons (Fsp3) is 0.923. The molecular formula is C13H24N2O5S. The van der Waals surface area contributed by atoms with Crippen molar-refractivity contribution in [3.63, 3.8) is 0 Å². The zero-order valence-corrected chi connectivity index (χ0v) is 13.4. The van der Waals surface area contributed by atoms with E-state index in [-0.39, 0.29) is 6.54 Å². The summed E-state index contributed by atoms with van der Waals surface area (Å²) in [5, 5.41) is 9.10. The molecule has 0 aromatic heterocycles. The maximum Gasteiger partial charge on any atom is 0.307 e. The van der Waals surface area contributed by atoms with Crippen LogP contribution in [0.15, 0.2) is 0 Å². The van der Waals surface area contributed by atoms with Crippen LogP contribution in [0.5, 0.6) is 0 Å². The summed E-state index contributed by atoms with van der Waals surface area (Å²) in [6.45, 7) is 3.16. The second-order valence-electron chi connectivity index (χ2n) is 6.13. The number of hydrogen-bond acceptors (Lipinski definition) is 4. The van der Waals surface area contributed by atoms with Gasteiger partial charge in [-0.1, -0.05) is 0 Å². The topological polar surface area (TPSA) is 87.2 Å². The molecule has 0 spiro atoms. The maximum atomic E-state index is 12.7. The van der Waals surface area contributed by atoms with Gasteiger partial charge in [0, 0.05) is 33.3 Å². The molecule has 0 radical (unpaired) electrons. The van der Waals surface area contributed by atoms with Gasteiger partial charge in [-0.15, -0.1) is 0 Å². The lowest BCUT2D eigenvalue weighted by atomic mass is 9.96. The molecule has 2 aliphatic heterocycles. The smallest absolute Gasteiger partial charge is 0.307 e. The maximum absolute atomic E-state index is 12.7. The average Bonchev–Trinajstić information content (AvgIpc) is 2.47. The van der Waals surface area contributed by atoms with Crippen LogP contribution in [0.1, 0.15) is 32.6 Å². The Bertz CT molecular complexity index is 495. The molecule has 2 aliphatic rings. The van der Waals surface area contributed by atoms with Gasteiger partial charge in [-0.2, -0.15) is 17.0 Å². The average molecular weight is 320 g/mol. The molecule has 2 heterocycles. The molecule has 2 rings (SSSR count). The van der Waals surface area contributed by atoms with E-state index in [9.17, 15) is 13.2 Å². The predicted octanol–water partition coefficient (Wildman–Crippen LogP) is 0.529. The van der Waals surface area contributed by atoms with Gasteiger partial charge in [0.1, 0.15) is 0 Å². The highest BCUT2D eigenvalue weighted by Crippen LogP contribution is 2.28. The lowest BCUT2D eigenvalue weighted by Gasteiger charge is -2.41. The lowest BCUT2D eigenvalue weighted by molar-refractivity contribution is -0.142. The van der Waals surface area contributed by atoms with Crippen molar-refractivity contribution >= 4 is 16.2 Å². The molecule has 2 fully saturated rings. The van der Waals surface area contributed by atoms with Gasteiger partial charge in [-0.25, -0.2) is 0 Å². The molecule has 8 heteroatoms. The van der Waals surface area contributed by atoms with Crippen LogP contribution >= 0.6 is 0 Å². The summed E-state index contributed by atoms with van der Waals surface area (Å²) in [5.74, 6) is -1.53. The van der Waals surface area contributed by atoms with Gasteiger partial charge in [0.2, 0.25) is 0 Å². The number of carboxylic acid groups (broad SMARTS) is 1. The summed E-state index contributed by atoms with van der Waals surface area (Å²) >= 11 is 0. The Morgan fingerprint density at radius 2 is 1.95 bits per heavy atom. The number of aliphatic carboxylic acids is 1. The molecule has 122 valence electrons. The number of ether oxygens (including phenoxy) is 1. The minimum atomic E-state index is -3.61. The van der Waals surface area contributed by atoms with Gasteiger partial charge in [-0.3, -0.25) is 4.79 Å². The third-order valence-corrected chi connectivity index (χ3v) is 6.45. The number of rotatable bonds is 4. The van der Waals surface area contributed by atoms with Crippen LogP contribution in [0, 0.1) is 5.92 Å². The fourth-order valence-corrected chi connectivity index (χ4v) is 4.89. The Labute approximate surface area is 126 Å². The molecule has 2 saturated heterocycles. The highest BCUT2D eigenvalue weighted by atomic mass is 32.2. The van der Waals surface area contributed by atoms with Gasteiger partial charge in [-0.05, 0) is 32.6 Å². The molecule has 0 saturated carbocycles. The second kappa shape index (κ2) is 6.20. The molecule has 0 bridgehead atoms. The number of methoxy groups -OCH3 is 1. The first-order valence-electron chi connectivity index (χ1n) is 7.32. The Kier molecular flexibility index (Phi) is 4.92. The number of carbonyl (C=O) groups is 1. The first kappa shape index (κ1) is 16.7. The summed E-state index contributed by atoms with van der Waals surface area (Å²) < 4.78 is 33.6. The number of carboxylic acids is 1. The van der Waals surface area contributed by atoms with Crippen LogP contribution in [-0.2, 0) is 19.7 Å². The molecular weight excluding hydrogens is 296 g/mol. The van der Waals surface area contributed by atoms with Crippen molar-refractivity contribution in [1.29, 1.82) is 0 Å². The van der Waals surface area contributed by atoms with Crippen LogP contribution in [0.4, 0.5) is 0 Å². The molecule has 21 heavy (non-hydrogen) atoms. The van der Waals surface area contributed by atoms with E-state index in [2.05, 4.69) is 0 Å². The Hall–Kier alpha value is -0.700. The van der Waals surface area contributed by atoms with Crippen LogP contribution in [0.25, 0.3) is 0 Å². The predicted molar refractivity (Wildman–Crippen MR) is 77.1 cm³/mol. The van der Waals surface area contributed by atoms with Gasteiger partial charge in [0.25, 0.3) is 10.2 Å². The van der Waals surface area contributed by atoms with Crippen LogP contribution in [0.2, 0.25) is 0 Å². The van der Waals surface area contributed by atoms with E-state index in [0.717, 1.165) is 12.8 Å². The van der Waals surface area contributed by atoms with Crippen molar-refractivity contribution < 1.29 is 23.1 Å².